The molecule has 0 aliphatic heterocycles. The van der Waals surface area contributed by atoms with Crippen LogP contribution < -0.4 is 10.6 Å². The summed E-state index contributed by atoms with van der Waals surface area (Å²) in [6.45, 7) is 4.52. The molecule has 96 valence electrons. The Morgan fingerprint density at radius 1 is 1.12 bits per heavy atom. The lowest BCUT2D eigenvalue weighted by Crippen LogP contribution is -2.24. The van der Waals surface area contributed by atoms with E-state index in [0.29, 0.717) is 0 Å². The molecular weight excluding hydrogens is 236 g/mol. The lowest BCUT2D eigenvalue weighted by molar-refractivity contribution is 0.199. The van der Waals surface area contributed by atoms with Gasteiger partial charge >= 0.3 is 0 Å². The second-order valence-electron chi connectivity index (χ2n) is 3.86. The van der Waals surface area contributed by atoms with Crippen LogP contribution in [0.5, 0.6) is 0 Å². The van der Waals surface area contributed by atoms with Gasteiger partial charge in [-0.05, 0) is 31.1 Å². The fraction of sp³-hybridized carbons (Fsp3) is 0.538. The Morgan fingerprint density at radius 3 is 2.65 bits per heavy atom. The number of benzene rings is 1. The molecule has 0 aliphatic rings. The number of halogens is 1. The van der Waals surface area contributed by atoms with Crippen LogP contribution in [-0.4, -0.2) is 33.4 Å². The van der Waals surface area contributed by atoms with Crippen LogP contribution in [-0.2, 0) is 11.3 Å². The summed E-state index contributed by atoms with van der Waals surface area (Å²) in [6, 6.07) is 7.93. The average Bonchev–Trinajstić information content (AvgIpc) is 2.35. The molecule has 0 amide bonds. The number of methoxy groups -OCH3 is 1. The molecule has 3 nitrogen and oxygen atoms in total. The van der Waals surface area contributed by atoms with Crippen LogP contribution in [0.4, 0.5) is 0 Å². The van der Waals surface area contributed by atoms with Crippen molar-refractivity contribution in [3.05, 3.63) is 34.9 Å². The van der Waals surface area contributed by atoms with E-state index in [9.17, 15) is 0 Å². The molecular formula is C13H21ClN2O. The van der Waals surface area contributed by atoms with E-state index in [0.717, 1.165) is 49.8 Å². The fourth-order valence-corrected chi connectivity index (χ4v) is 1.70. The average molecular weight is 257 g/mol. The highest BCUT2D eigenvalue weighted by Crippen LogP contribution is 2.13. The molecule has 1 aromatic rings. The zero-order valence-corrected chi connectivity index (χ0v) is 11.1. The Hall–Kier alpha value is -0.610. The normalized spacial score (nSPS) is 10.7. The quantitative estimate of drug-likeness (QED) is 0.664. The zero-order chi connectivity index (χ0) is 12.3. The minimum Gasteiger partial charge on any atom is -0.383 e. The molecule has 0 aliphatic carbocycles. The molecule has 4 heteroatoms. The first-order valence-electron chi connectivity index (χ1n) is 5.98. The molecule has 0 atom stereocenters. The SMILES string of the molecule is COCCNCCCNCc1ccccc1Cl. The van der Waals surface area contributed by atoms with E-state index in [1.165, 1.54) is 0 Å². The molecule has 0 saturated heterocycles. The summed E-state index contributed by atoms with van der Waals surface area (Å²) in [6.07, 6.45) is 1.11. The maximum Gasteiger partial charge on any atom is 0.0587 e. The number of hydrogen-bond donors (Lipinski definition) is 2. The predicted molar refractivity (Wildman–Crippen MR) is 72.5 cm³/mol. The number of ether oxygens (including phenoxy) is 1. The summed E-state index contributed by atoms with van der Waals surface area (Å²) in [5.41, 5.74) is 1.15. The predicted octanol–water partition coefficient (Wildman–Crippen LogP) is 2.06. The van der Waals surface area contributed by atoms with Crippen LogP contribution in [0.3, 0.4) is 0 Å². The Balaban J connectivity index is 1.99. The highest BCUT2D eigenvalue weighted by Gasteiger charge is 1.97. The summed E-state index contributed by atoms with van der Waals surface area (Å²) >= 11 is 6.06. The van der Waals surface area contributed by atoms with Crippen molar-refractivity contribution in [3.63, 3.8) is 0 Å². The van der Waals surface area contributed by atoms with Gasteiger partial charge in [0.25, 0.3) is 0 Å². The van der Waals surface area contributed by atoms with Gasteiger partial charge < -0.3 is 15.4 Å². The number of hydrogen-bond acceptors (Lipinski definition) is 3. The summed E-state index contributed by atoms with van der Waals surface area (Å²) in [5.74, 6) is 0. The highest BCUT2D eigenvalue weighted by molar-refractivity contribution is 6.31. The van der Waals surface area contributed by atoms with E-state index < -0.39 is 0 Å². The summed E-state index contributed by atoms with van der Waals surface area (Å²) in [4.78, 5) is 0. The third-order valence-corrected chi connectivity index (χ3v) is 2.83. The van der Waals surface area contributed by atoms with E-state index in [4.69, 9.17) is 16.3 Å². The molecule has 17 heavy (non-hydrogen) atoms. The van der Waals surface area contributed by atoms with E-state index in [1.54, 1.807) is 7.11 Å². The van der Waals surface area contributed by atoms with Crippen molar-refractivity contribution in [1.29, 1.82) is 0 Å². The van der Waals surface area contributed by atoms with Crippen LogP contribution in [0.15, 0.2) is 24.3 Å². The summed E-state index contributed by atoms with van der Waals surface area (Å²) in [7, 11) is 1.72. The van der Waals surface area contributed by atoms with Crippen molar-refractivity contribution < 1.29 is 4.74 Å². The standard InChI is InChI=1S/C13H21ClN2O/c1-17-10-9-15-7-4-8-16-11-12-5-2-3-6-13(12)14/h2-3,5-6,15-16H,4,7-11H2,1H3. The Morgan fingerprint density at radius 2 is 1.88 bits per heavy atom. The minimum atomic E-state index is 0.771. The summed E-state index contributed by atoms with van der Waals surface area (Å²) in [5, 5.41) is 7.51. The van der Waals surface area contributed by atoms with E-state index in [2.05, 4.69) is 10.6 Å². The molecule has 0 bridgehead atoms. The second-order valence-corrected chi connectivity index (χ2v) is 4.27. The molecule has 0 radical (unpaired) electrons. The Kier molecular flexibility index (Phi) is 8.01. The molecule has 0 unspecified atom stereocenters. The fourth-order valence-electron chi connectivity index (χ4n) is 1.50. The van der Waals surface area contributed by atoms with Crippen molar-refractivity contribution >= 4 is 11.6 Å². The zero-order valence-electron chi connectivity index (χ0n) is 10.3. The third kappa shape index (κ3) is 6.64. The molecule has 1 rings (SSSR count). The van der Waals surface area contributed by atoms with Gasteiger partial charge in [0.15, 0.2) is 0 Å². The highest BCUT2D eigenvalue weighted by atomic mass is 35.5. The van der Waals surface area contributed by atoms with Crippen molar-refractivity contribution in [2.45, 2.75) is 13.0 Å². The molecule has 0 saturated carbocycles. The lowest BCUT2D eigenvalue weighted by atomic mass is 10.2. The van der Waals surface area contributed by atoms with Gasteiger partial charge in [-0.15, -0.1) is 0 Å². The molecule has 0 heterocycles. The van der Waals surface area contributed by atoms with Crippen molar-refractivity contribution in [1.82, 2.24) is 10.6 Å². The van der Waals surface area contributed by atoms with Crippen LogP contribution in [0.2, 0.25) is 5.02 Å². The first kappa shape index (κ1) is 14.5. The Bertz CT molecular complexity index is 307. The van der Waals surface area contributed by atoms with Gasteiger partial charge in [0.2, 0.25) is 0 Å². The second kappa shape index (κ2) is 9.42. The van der Waals surface area contributed by atoms with E-state index in [1.807, 2.05) is 24.3 Å². The largest absolute Gasteiger partial charge is 0.383 e. The smallest absolute Gasteiger partial charge is 0.0587 e. The van der Waals surface area contributed by atoms with Gasteiger partial charge in [-0.2, -0.15) is 0 Å². The van der Waals surface area contributed by atoms with Crippen LogP contribution in [0.1, 0.15) is 12.0 Å². The van der Waals surface area contributed by atoms with Crippen molar-refractivity contribution in [3.8, 4) is 0 Å². The van der Waals surface area contributed by atoms with Gasteiger partial charge in [0.05, 0.1) is 6.61 Å². The lowest BCUT2D eigenvalue weighted by Gasteiger charge is -2.07. The first-order valence-corrected chi connectivity index (χ1v) is 6.36. The van der Waals surface area contributed by atoms with Crippen LogP contribution in [0, 0.1) is 0 Å². The number of nitrogens with one attached hydrogen (secondary N) is 2. The third-order valence-electron chi connectivity index (χ3n) is 2.46. The number of rotatable bonds is 9. The van der Waals surface area contributed by atoms with Crippen LogP contribution in [0.25, 0.3) is 0 Å². The van der Waals surface area contributed by atoms with Crippen LogP contribution >= 0.6 is 11.6 Å². The molecule has 0 fully saturated rings. The Labute approximate surface area is 109 Å². The monoisotopic (exact) mass is 256 g/mol. The first-order chi connectivity index (χ1) is 8.34. The van der Waals surface area contributed by atoms with E-state index >= 15 is 0 Å². The molecule has 0 aromatic heterocycles. The summed E-state index contributed by atoms with van der Waals surface area (Å²) < 4.78 is 4.95. The van der Waals surface area contributed by atoms with Gasteiger partial charge in [-0.3, -0.25) is 0 Å². The van der Waals surface area contributed by atoms with Gasteiger partial charge in [0, 0.05) is 25.2 Å². The molecule has 2 N–H and O–H groups in total. The molecule has 1 aromatic carbocycles. The topological polar surface area (TPSA) is 33.3 Å². The molecule has 0 spiro atoms. The van der Waals surface area contributed by atoms with Gasteiger partial charge in [-0.1, -0.05) is 29.8 Å². The van der Waals surface area contributed by atoms with E-state index in [-0.39, 0.29) is 0 Å². The maximum atomic E-state index is 6.06. The van der Waals surface area contributed by atoms with Gasteiger partial charge in [-0.25, -0.2) is 0 Å². The van der Waals surface area contributed by atoms with Gasteiger partial charge in [0.1, 0.15) is 0 Å². The van der Waals surface area contributed by atoms with Crippen molar-refractivity contribution in [2.24, 2.45) is 0 Å². The maximum absolute atomic E-state index is 6.06. The van der Waals surface area contributed by atoms with Crippen molar-refractivity contribution in [2.75, 3.05) is 33.4 Å². The minimum absolute atomic E-state index is 0.771.